The first kappa shape index (κ1) is 18.9. The van der Waals surface area contributed by atoms with E-state index >= 15 is 0 Å². The van der Waals surface area contributed by atoms with Crippen molar-refractivity contribution in [2.45, 2.75) is 38.1 Å². The van der Waals surface area contributed by atoms with Crippen LogP contribution in [0, 0.1) is 0 Å². The van der Waals surface area contributed by atoms with E-state index in [1.807, 2.05) is 12.1 Å². The van der Waals surface area contributed by atoms with E-state index in [-0.39, 0.29) is 18.1 Å². The Balaban J connectivity index is 1.45. The zero-order chi connectivity index (χ0) is 19.1. The SMILES string of the molecule is COc1ccccc1OCC(=O)NCCn1cnc(C2CCCC2)cc1=O. The fourth-order valence-corrected chi connectivity index (χ4v) is 3.30. The first-order valence-corrected chi connectivity index (χ1v) is 9.26. The normalized spacial score (nSPS) is 14.1. The maximum absolute atomic E-state index is 12.2. The van der Waals surface area contributed by atoms with Gasteiger partial charge in [-0.1, -0.05) is 25.0 Å². The molecule has 0 aliphatic heterocycles. The summed E-state index contributed by atoms with van der Waals surface area (Å²) in [4.78, 5) is 28.6. The monoisotopic (exact) mass is 371 g/mol. The number of hydrogen-bond acceptors (Lipinski definition) is 5. The lowest BCUT2D eigenvalue weighted by atomic mass is 10.0. The summed E-state index contributed by atoms with van der Waals surface area (Å²) in [7, 11) is 1.55. The second-order valence-corrected chi connectivity index (χ2v) is 6.62. The van der Waals surface area contributed by atoms with Crippen LogP contribution in [0.3, 0.4) is 0 Å². The first-order valence-electron chi connectivity index (χ1n) is 9.26. The van der Waals surface area contributed by atoms with Gasteiger partial charge in [0.05, 0.1) is 19.1 Å². The minimum Gasteiger partial charge on any atom is -0.493 e. The molecule has 7 nitrogen and oxygen atoms in total. The number of methoxy groups -OCH3 is 1. The highest BCUT2D eigenvalue weighted by Crippen LogP contribution is 2.32. The first-order chi connectivity index (χ1) is 13.2. The number of amides is 1. The lowest BCUT2D eigenvalue weighted by Crippen LogP contribution is -2.34. The minimum atomic E-state index is -0.260. The summed E-state index contributed by atoms with van der Waals surface area (Å²) in [6.07, 6.45) is 6.21. The van der Waals surface area contributed by atoms with Crippen LogP contribution >= 0.6 is 0 Å². The fraction of sp³-hybridized carbons (Fsp3) is 0.450. The van der Waals surface area contributed by atoms with Gasteiger partial charge in [0, 0.05) is 25.1 Å². The molecule has 1 amide bonds. The molecule has 1 aromatic heterocycles. The summed E-state index contributed by atoms with van der Waals surface area (Å²) >= 11 is 0. The molecule has 1 N–H and O–H groups in total. The van der Waals surface area contributed by atoms with E-state index in [0.29, 0.717) is 30.5 Å². The Kier molecular flexibility index (Phi) is 6.46. The van der Waals surface area contributed by atoms with E-state index in [1.165, 1.54) is 17.4 Å². The molecule has 144 valence electrons. The highest BCUT2D eigenvalue weighted by Gasteiger charge is 2.18. The van der Waals surface area contributed by atoms with E-state index < -0.39 is 0 Å². The van der Waals surface area contributed by atoms with Crippen molar-refractivity contribution in [1.82, 2.24) is 14.9 Å². The predicted molar refractivity (Wildman–Crippen MR) is 101 cm³/mol. The Bertz CT molecular complexity index is 828. The third-order valence-electron chi connectivity index (χ3n) is 4.78. The van der Waals surface area contributed by atoms with Crippen LogP contribution in [0.25, 0.3) is 0 Å². The molecule has 27 heavy (non-hydrogen) atoms. The average Bonchev–Trinajstić information content (AvgIpc) is 3.22. The van der Waals surface area contributed by atoms with Gasteiger partial charge in [-0.05, 0) is 25.0 Å². The van der Waals surface area contributed by atoms with Crippen LogP contribution in [-0.4, -0.2) is 35.7 Å². The Labute approximate surface area is 158 Å². The number of aromatic nitrogens is 2. The van der Waals surface area contributed by atoms with Gasteiger partial charge in [-0.15, -0.1) is 0 Å². The zero-order valence-corrected chi connectivity index (χ0v) is 15.5. The van der Waals surface area contributed by atoms with Crippen LogP contribution in [-0.2, 0) is 11.3 Å². The molecule has 1 aromatic carbocycles. The van der Waals surface area contributed by atoms with Gasteiger partial charge in [-0.25, -0.2) is 4.98 Å². The standard InChI is InChI=1S/C20H25N3O4/c1-26-17-8-4-5-9-18(17)27-13-19(24)21-10-11-23-14-22-16(12-20(23)25)15-6-2-3-7-15/h4-5,8-9,12,14-15H,2-3,6-7,10-11,13H2,1H3,(H,21,24). The number of rotatable bonds is 8. The van der Waals surface area contributed by atoms with Crippen molar-refractivity contribution in [1.29, 1.82) is 0 Å². The fourth-order valence-electron chi connectivity index (χ4n) is 3.30. The van der Waals surface area contributed by atoms with Crippen molar-refractivity contribution in [3.63, 3.8) is 0 Å². The van der Waals surface area contributed by atoms with E-state index in [4.69, 9.17) is 9.47 Å². The van der Waals surface area contributed by atoms with Gasteiger partial charge < -0.3 is 14.8 Å². The number of nitrogens with one attached hydrogen (secondary N) is 1. The van der Waals surface area contributed by atoms with E-state index in [1.54, 1.807) is 31.6 Å². The van der Waals surface area contributed by atoms with Gasteiger partial charge in [0.15, 0.2) is 18.1 Å². The Morgan fingerprint density at radius 1 is 1.26 bits per heavy atom. The number of carbonyl (C=O) groups excluding carboxylic acids is 1. The summed E-state index contributed by atoms with van der Waals surface area (Å²) in [5, 5.41) is 2.74. The summed E-state index contributed by atoms with van der Waals surface area (Å²) in [6, 6.07) is 8.77. The third-order valence-corrected chi connectivity index (χ3v) is 4.78. The van der Waals surface area contributed by atoms with Gasteiger partial charge in [0.2, 0.25) is 0 Å². The molecule has 1 heterocycles. The topological polar surface area (TPSA) is 82.4 Å². The minimum absolute atomic E-state index is 0.0774. The van der Waals surface area contributed by atoms with E-state index in [2.05, 4.69) is 10.3 Å². The lowest BCUT2D eigenvalue weighted by Gasteiger charge is -2.12. The quantitative estimate of drug-likeness (QED) is 0.768. The van der Waals surface area contributed by atoms with Crippen molar-refractivity contribution in [3.05, 3.63) is 52.7 Å². The molecule has 1 aliphatic rings. The van der Waals surface area contributed by atoms with Crippen molar-refractivity contribution in [2.75, 3.05) is 20.3 Å². The third kappa shape index (κ3) is 5.09. The van der Waals surface area contributed by atoms with Crippen LogP contribution in [0.5, 0.6) is 11.5 Å². The molecular weight excluding hydrogens is 346 g/mol. The largest absolute Gasteiger partial charge is 0.493 e. The van der Waals surface area contributed by atoms with Crippen molar-refractivity contribution >= 4 is 5.91 Å². The smallest absolute Gasteiger partial charge is 0.258 e. The highest BCUT2D eigenvalue weighted by atomic mass is 16.5. The Morgan fingerprint density at radius 2 is 2.00 bits per heavy atom. The second kappa shape index (κ2) is 9.21. The molecule has 2 aromatic rings. The van der Waals surface area contributed by atoms with E-state index in [0.717, 1.165) is 18.5 Å². The maximum Gasteiger partial charge on any atom is 0.258 e. The van der Waals surface area contributed by atoms with Crippen LogP contribution in [0.4, 0.5) is 0 Å². The lowest BCUT2D eigenvalue weighted by molar-refractivity contribution is -0.123. The molecule has 0 radical (unpaired) electrons. The molecule has 0 saturated heterocycles. The second-order valence-electron chi connectivity index (χ2n) is 6.62. The Hall–Kier alpha value is -2.83. The number of nitrogens with zero attached hydrogens (tertiary/aromatic N) is 2. The molecule has 0 bridgehead atoms. The Morgan fingerprint density at radius 3 is 2.70 bits per heavy atom. The molecule has 3 rings (SSSR count). The summed E-state index contributed by atoms with van der Waals surface area (Å²) in [6.45, 7) is 0.587. The summed E-state index contributed by atoms with van der Waals surface area (Å²) in [5.74, 6) is 1.24. The summed E-state index contributed by atoms with van der Waals surface area (Å²) in [5.41, 5.74) is 0.814. The molecule has 0 spiro atoms. The van der Waals surface area contributed by atoms with Crippen molar-refractivity contribution < 1.29 is 14.3 Å². The van der Waals surface area contributed by atoms with Crippen LogP contribution < -0.4 is 20.3 Å². The number of carbonyl (C=O) groups is 1. The van der Waals surface area contributed by atoms with Gasteiger partial charge in [-0.2, -0.15) is 0 Å². The van der Waals surface area contributed by atoms with Gasteiger partial charge in [-0.3, -0.25) is 14.2 Å². The predicted octanol–water partition coefficient (Wildman–Crippen LogP) is 2.10. The number of benzene rings is 1. The van der Waals surface area contributed by atoms with Crippen molar-refractivity contribution in [2.24, 2.45) is 0 Å². The molecule has 1 aliphatic carbocycles. The number of para-hydroxylation sites is 2. The molecule has 0 unspecified atom stereocenters. The van der Waals surface area contributed by atoms with Crippen LogP contribution in [0.2, 0.25) is 0 Å². The molecule has 1 fully saturated rings. The van der Waals surface area contributed by atoms with Gasteiger partial charge >= 0.3 is 0 Å². The van der Waals surface area contributed by atoms with Gasteiger partial charge in [0.25, 0.3) is 11.5 Å². The number of hydrogen-bond donors (Lipinski definition) is 1. The summed E-state index contributed by atoms with van der Waals surface area (Å²) < 4.78 is 12.2. The number of ether oxygens (including phenoxy) is 2. The van der Waals surface area contributed by atoms with Gasteiger partial charge in [0.1, 0.15) is 0 Å². The molecule has 7 heteroatoms. The molecule has 1 saturated carbocycles. The maximum atomic E-state index is 12.2. The molecular formula is C20H25N3O4. The molecule has 0 atom stereocenters. The highest BCUT2D eigenvalue weighted by molar-refractivity contribution is 5.77. The van der Waals surface area contributed by atoms with E-state index in [9.17, 15) is 9.59 Å². The average molecular weight is 371 g/mol. The van der Waals surface area contributed by atoms with Crippen LogP contribution in [0.1, 0.15) is 37.3 Å². The van der Waals surface area contributed by atoms with Crippen molar-refractivity contribution in [3.8, 4) is 11.5 Å². The van der Waals surface area contributed by atoms with Crippen LogP contribution in [0.15, 0.2) is 41.5 Å². The zero-order valence-electron chi connectivity index (χ0n) is 15.5.